The highest BCUT2D eigenvalue weighted by Crippen LogP contribution is 2.32. The molecule has 190 valence electrons. The zero-order valence-corrected chi connectivity index (χ0v) is 21.0. The first-order valence-corrected chi connectivity index (χ1v) is 12.7. The number of amides is 2. The first kappa shape index (κ1) is 28.9. The van der Waals surface area contributed by atoms with Crippen LogP contribution in [0.2, 0.25) is 0 Å². The molecule has 8 heteroatoms. The summed E-state index contributed by atoms with van der Waals surface area (Å²) in [6, 6.07) is -1.41. The van der Waals surface area contributed by atoms with Gasteiger partial charge in [0.15, 0.2) is 0 Å². The average Bonchev–Trinajstić information content (AvgIpc) is 3.32. The molecule has 0 saturated heterocycles. The van der Waals surface area contributed by atoms with Crippen LogP contribution in [0.15, 0.2) is 0 Å². The topological polar surface area (TPSA) is 111 Å². The van der Waals surface area contributed by atoms with Gasteiger partial charge in [-0.05, 0) is 25.7 Å². The number of unbranched alkanes of at least 4 members (excludes halogenated alkanes) is 6. The number of carbonyl (C=O) groups is 4. The summed E-state index contributed by atoms with van der Waals surface area (Å²) < 4.78 is 9.74. The summed E-state index contributed by atoms with van der Waals surface area (Å²) in [4.78, 5) is 50.4. The third-order valence-electron chi connectivity index (χ3n) is 6.49. The number of carbonyl (C=O) groups excluding carboxylic acids is 4. The van der Waals surface area contributed by atoms with Crippen molar-refractivity contribution >= 4 is 23.8 Å². The predicted octanol–water partition coefficient (Wildman–Crippen LogP) is 3.66. The van der Waals surface area contributed by atoms with Crippen LogP contribution in [-0.2, 0) is 28.7 Å². The third kappa shape index (κ3) is 10.1. The Morgan fingerprint density at radius 2 is 1.09 bits per heavy atom. The lowest BCUT2D eigenvalue weighted by molar-refractivity contribution is -0.147. The van der Waals surface area contributed by atoms with Gasteiger partial charge >= 0.3 is 11.9 Å². The smallest absolute Gasteiger partial charge is 0.328 e. The molecule has 0 bridgehead atoms. The normalized spacial score (nSPS) is 19.4. The predicted molar refractivity (Wildman–Crippen MR) is 126 cm³/mol. The summed E-state index contributed by atoms with van der Waals surface area (Å²) in [5.74, 6) is -2.56. The monoisotopic (exact) mass is 468 g/mol. The lowest BCUT2D eigenvalue weighted by atomic mass is 9.93. The van der Waals surface area contributed by atoms with Crippen molar-refractivity contribution in [2.75, 3.05) is 14.2 Å². The van der Waals surface area contributed by atoms with Gasteiger partial charge in [-0.15, -0.1) is 0 Å². The highest BCUT2D eigenvalue weighted by molar-refractivity contribution is 5.92. The summed E-state index contributed by atoms with van der Waals surface area (Å²) >= 11 is 0. The van der Waals surface area contributed by atoms with Crippen molar-refractivity contribution in [3.8, 4) is 0 Å². The minimum Gasteiger partial charge on any atom is -0.467 e. The molecule has 1 rings (SSSR count). The van der Waals surface area contributed by atoms with Crippen LogP contribution in [-0.4, -0.2) is 50.1 Å². The molecule has 0 radical (unpaired) electrons. The molecule has 2 N–H and O–H groups in total. The molecule has 2 amide bonds. The standard InChI is InChI=1S/C25H44N2O6/c1-5-7-9-11-16-20(24(30)32-3)26-22(28)18-14-13-15-19(18)23(29)27-21(25(31)33-4)17-12-10-8-6-2/h18-21H,5-17H2,1-4H3,(H,26,28)(H,27,29)/t18-,19-,20-,21-/m0/s1. The first-order valence-electron chi connectivity index (χ1n) is 12.7. The number of ether oxygens (including phenoxy) is 2. The molecule has 1 fully saturated rings. The second kappa shape index (κ2) is 16.5. The molecule has 4 atom stereocenters. The number of methoxy groups -OCH3 is 2. The second-order valence-electron chi connectivity index (χ2n) is 9.01. The van der Waals surface area contributed by atoms with Gasteiger partial charge in [-0.25, -0.2) is 9.59 Å². The molecular weight excluding hydrogens is 424 g/mol. The minimum atomic E-state index is -0.704. The fraction of sp³-hybridized carbons (Fsp3) is 0.840. The molecule has 0 heterocycles. The Labute approximate surface area is 198 Å². The van der Waals surface area contributed by atoms with E-state index in [0.717, 1.165) is 57.8 Å². The maximum Gasteiger partial charge on any atom is 0.328 e. The van der Waals surface area contributed by atoms with Gasteiger partial charge in [0.25, 0.3) is 0 Å². The Morgan fingerprint density at radius 3 is 1.42 bits per heavy atom. The minimum absolute atomic E-state index is 0.295. The molecule has 1 aliphatic rings. The SMILES string of the molecule is CCCCCC[C@H](NC(=O)[C@H]1CCC[C@@H]1C(=O)N[C@@H](CCCCCC)C(=O)OC)C(=O)OC. The molecule has 0 spiro atoms. The van der Waals surface area contributed by atoms with E-state index in [0.29, 0.717) is 25.7 Å². The van der Waals surface area contributed by atoms with E-state index in [-0.39, 0.29) is 11.8 Å². The van der Waals surface area contributed by atoms with Gasteiger partial charge in [0.05, 0.1) is 14.2 Å². The highest BCUT2D eigenvalue weighted by Gasteiger charge is 2.40. The van der Waals surface area contributed by atoms with Crippen molar-refractivity contribution < 1.29 is 28.7 Å². The summed E-state index contributed by atoms with van der Waals surface area (Å²) in [7, 11) is 2.62. The van der Waals surface area contributed by atoms with Gasteiger partial charge in [0, 0.05) is 11.8 Å². The van der Waals surface area contributed by atoms with E-state index >= 15 is 0 Å². The molecule has 1 saturated carbocycles. The van der Waals surface area contributed by atoms with E-state index in [1.54, 1.807) is 0 Å². The zero-order valence-electron chi connectivity index (χ0n) is 21.0. The van der Waals surface area contributed by atoms with Crippen LogP contribution in [0.3, 0.4) is 0 Å². The van der Waals surface area contributed by atoms with Crippen molar-refractivity contribution in [3.63, 3.8) is 0 Å². The molecular formula is C25H44N2O6. The second-order valence-corrected chi connectivity index (χ2v) is 9.01. The fourth-order valence-electron chi connectivity index (χ4n) is 4.48. The zero-order chi connectivity index (χ0) is 24.6. The summed E-state index contributed by atoms with van der Waals surface area (Å²) in [5.41, 5.74) is 0. The van der Waals surface area contributed by atoms with Crippen LogP contribution in [0.1, 0.15) is 97.3 Å². The van der Waals surface area contributed by atoms with Gasteiger partial charge in [0.2, 0.25) is 11.8 Å². The van der Waals surface area contributed by atoms with E-state index in [9.17, 15) is 19.2 Å². The van der Waals surface area contributed by atoms with Crippen molar-refractivity contribution in [1.82, 2.24) is 10.6 Å². The molecule has 0 aromatic rings. The van der Waals surface area contributed by atoms with Crippen LogP contribution in [0.4, 0.5) is 0 Å². The van der Waals surface area contributed by atoms with Crippen LogP contribution in [0.5, 0.6) is 0 Å². The van der Waals surface area contributed by atoms with Gasteiger partial charge in [-0.1, -0.05) is 71.6 Å². The number of hydrogen-bond acceptors (Lipinski definition) is 6. The van der Waals surface area contributed by atoms with Gasteiger partial charge in [0.1, 0.15) is 12.1 Å². The molecule has 8 nitrogen and oxygen atoms in total. The molecule has 33 heavy (non-hydrogen) atoms. The number of rotatable bonds is 16. The molecule has 0 aliphatic heterocycles. The largest absolute Gasteiger partial charge is 0.467 e. The summed E-state index contributed by atoms with van der Waals surface area (Å²) in [6.07, 6.45) is 10.9. The van der Waals surface area contributed by atoms with E-state index in [1.165, 1.54) is 14.2 Å². The number of hydrogen-bond donors (Lipinski definition) is 2. The molecule has 0 aromatic carbocycles. The summed E-state index contributed by atoms with van der Waals surface area (Å²) in [5, 5.41) is 5.64. The average molecular weight is 469 g/mol. The Hall–Kier alpha value is -2.12. The van der Waals surface area contributed by atoms with E-state index in [1.807, 2.05) is 0 Å². The Kier molecular flexibility index (Phi) is 14.4. The lowest BCUT2D eigenvalue weighted by Gasteiger charge is -2.24. The van der Waals surface area contributed by atoms with Crippen molar-refractivity contribution in [1.29, 1.82) is 0 Å². The first-order chi connectivity index (χ1) is 15.9. The maximum atomic E-state index is 13.0. The Balaban J connectivity index is 2.74. The van der Waals surface area contributed by atoms with Gasteiger partial charge in [-0.3, -0.25) is 9.59 Å². The van der Waals surface area contributed by atoms with E-state index in [4.69, 9.17) is 9.47 Å². The maximum absolute atomic E-state index is 13.0. The Morgan fingerprint density at radius 1 is 0.697 bits per heavy atom. The Bertz CT molecular complexity index is 572. The molecule has 1 aliphatic carbocycles. The summed E-state index contributed by atoms with van der Waals surface area (Å²) in [6.45, 7) is 4.22. The quantitative estimate of drug-likeness (QED) is 0.264. The van der Waals surface area contributed by atoms with Crippen molar-refractivity contribution in [2.24, 2.45) is 11.8 Å². The highest BCUT2D eigenvalue weighted by atomic mass is 16.5. The molecule has 0 unspecified atom stereocenters. The van der Waals surface area contributed by atoms with Crippen LogP contribution in [0, 0.1) is 11.8 Å². The van der Waals surface area contributed by atoms with Crippen molar-refractivity contribution in [2.45, 2.75) is 109 Å². The van der Waals surface area contributed by atoms with Crippen LogP contribution >= 0.6 is 0 Å². The third-order valence-corrected chi connectivity index (χ3v) is 6.49. The van der Waals surface area contributed by atoms with Crippen LogP contribution in [0.25, 0.3) is 0 Å². The number of esters is 2. The number of nitrogens with one attached hydrogen (secondary N) is 2. The van der Waals surface area contributed by atoms with Crippen molar-refractivity contribution in [3.05, 3.63) is 0 Å². The van der Waals surface area contributed by atoms with Gasteiger partial charge < -0.3 is 20.1 Å². The van der Waals surface area contributed by atoms with E-state index < -0.39 is 35.9 Å². The van der Waals surface area contributed by atoms with Crippen LogP contribution < -0.4 is 10.6 Å². The fourth-order valence-corrected chi connectivity index (χ4v) is 4.48. The van der Waals surface area contributed by atoms with E-state index in [2.05, 4.69) is 24.5 Å². The molecule has 0 aromatic heterocycles. The van der Waals surface area contributed by atoms with Gasteiger partial charge in [-0.2, -0.15) is 0 Å². The lowest BCUT2D eigenvalue weighted by Crippen LogP contribution is -2.49.